The molecule has 2 atom stereocenters. The molecule has 0 amide bonds. The van der Waals surface area contributed by atoms with E-state index < -0.39 is 0 Å². The van der Waals surface area contributed by atoms with E-state index in [0.717, 1.165) is 5.75 Å². The quantitative estimate of drug-likeness (QED) is 0.490. The largest absolute Gasteiger partial charge is 0.179 e. The molecule has 0 aliphatic rings. The van der Waals surface area contributed by atoms with Gasteiger partial charge in [-0.15, -0.1) is 0 Å². The van der Waals surface area contributed by atoms with Gasteiger partial charge in [0.15, 0.2) is 0 Å². The van der Waals surface area contributed by atoms with Crippen molar-refractivity contribution >= 4 is 12.6 Å². The molecule has 2 unspecified atom stereocenters. The van der Waals surface area contributed by atoms with Crippen molar-refractivity contribution in [3.63, 3.8) is 0 Å². The van der Waals surface area contributed by atoms with E-state index in [1.165, 1.54) is 6.42 Å². The highest BCUT2D eigenvalue weighted by molar-refractivity contribution is 7.80. The monoisotopic (exact) mass is 186 g/mol. The molecule has 0 saturated heterocycles. The SMILES string of the molecule is CCC(C)C=CC(CS)C(C)C. The van der Waals surface area contributed by atoms with Crippen LogP contribution in [0.15, 0.2) is 12.2 Å². The van der Waals surface area contributed by atoms with Crippen molar-refractivity contribution in [3.8, 4) is 0 Å². The minimum atomic E-state index is 0.641. The summed E-state index contributed by atoms with van der Waals surface area (Å²) in [7, 11) is 0. The summed E-state index contributed by atoms with van der Waals surface area (Å²) in [6, 6.07) is 0. The Bertz CT molecular complexity index is 127. The maximum absolute atomic E-state index is 4.34. The second-order valence-electron chi connectivity index (χ2n) is 3.86. The molecule has 0 bridgehead atoms. The molecule has 0 aliphatic carbocycles. The molecule has 0 N–H and O–H groups in total. The van der Waals surface area contributed by atoms with Crippen LogP contribution >= 0.6 is 12.6 Å². The predicted molar refractivity (Wildman–Crippen MR) is 60.8 cm³/mol. The van der Waals surface area contributed by atoms with Gasteiger partial charge in [-0.25, -0.2) is 0 Å². The smallest absolute Gasteiger partial charge is 0.00324 e. The summed E-state index contributed by atoms with van der Waals surface area (Å²) in [5, 5.41) is 0. The number of thiol groups is 1. The molecule has 0 heterocycles. The number of allylic oxidation sites excluding steroid dienone is 2. The molecule has 72 valence electrons. The highest BCUT2D eigenvalue weighted by Gasteiger charge is 2.06. The molecule has 0 aromatic heterocycles. The lowest BCUT2D eigenvalue weighted by Crippen LogP contribution is -2.07. The van der Waals surface area contributed by atoms with Crippen LogP contribution in [-0.2, 0) is 0 Å². The molecule has 0 spiro atoms. The maximum Gasteiger partial charge on any atom is -0.00324 e. The molecule has 0 rings (SSSR count). The first-order chi connectivity index (χ1) is 5.61. The van der Waals surface area contributed by atoms with Gasteiger partial charge in [-0.2, -0.15) is 12.6 Å². The minimum Gasteiger partial charge on any atom is -0.179 e. The van der Waals surface area contributed by atoms with Crippen LogP contribution in [0.4, 0.5) is 0 Å². The second-order valence-corrected chi connectivity index (χ2v) is 4.23. The van der Waals surface area contributed by atoms with Crippen LogP contribution < -0.4 is 0 Å². The van der Waals surface area contributed by atoms with E-state index in [2.05, 4.69) is 52.5 Å². The molecular formula is C11H22S. The summed E-state index contributed by atoms with van der Waals surface area (Å²) in [6.45, 7) is 8.98. The van der Waals surface area contributed by atoms with Crippen molar-refractivity contribution in [2.45, 2.75) is 34.1 Å². The molecule has 12 heavy (non-hydrogen) atoms. The second kappa shape index (κ2) is 6.59. The van der Waals surface area contributed by atoms with Crippen molar-refractivity contribution in [2.24, 2.45) is 17.8 Å². The molecule has 0 fully saturated rings. The first-order valence-electron chi connectivity index (χ1n) is 4.91. The standard InChI is InChI=1S/C11H22S/c1-5-10(4)6-7-11(8-12)9(2)3/h6-7,9-12H,5,8H2,1-4H3. The van der Waals surface area contributed by atoms with E-state index in [4.69, 9.17) is 0 Å². The molecule has 1 heteroatoms. The van der Waals surface area contributed by atoms with Gasteiger partial charge >= 0.3 is 0 Å². The highest BCUT2D eigenvalue weighted by Crippen LogP contribution is 2.15. The molecule has 0 aliphatic heterocycles. The Morgan fingerprint density at radius 2 is 1.75 bits per heavy atom. The van der Waals surface area contributed by atoms with Crippen LogP contribution in [0.3, 0.4) is 0 Å². The third kappa shape index (κ3) is 4.87. The summed E-state index contributed by atoms with van der Waals surface area (Å²) in [5.74, 6) is 3.03. The Morgan fingerprint density at radius 1 is 1.17 bits per heavy atom. The first-order valence-corrected chi connectivity index (χ1v) is 5.54. The summed E-state index contributed by atoms with van der Waals surface area (Å²) < 4.78 is 0. The fraction of sp³-hybridized carbons (Fsp3) is 0.818. The lowest BCUT2D eigenvalue weighted by molar-refractivity contribution is 0.508. The van der Waals surface area contributed by atoms with Crippen LogP contribution in [-0.4, -0.2) is 5.75 Å². The van der Waals surface area contributed by atoms with Crippen molar-refractivity contribution in [3.05, 3.63) is 12.2 Å². The van der Waals surface area contributed by atoms with Gasteiger partial charge in [0.05, 0.1) is 0 Å². The van der Waals surface area contributed by atoms with Gasteiger partial charge in [-0.3, -0.25) is 0 Å². The molecule has 0 nitrogen and oxygen atoms in total. The Hall–Kier alpha value is 0.0900. The Labute approximate surface area is 82.9 Å². The fourth-order valence-electron chi connectivity index (χ4n) is 0.962. The minimum absolute atomic E-state index is 0.641. The zero-order valence-corrected chi connectivity index (χ0v) is 9.64. The highest BCUT2D eigenvalue weighted by atomic mass is 32.1. The fourth-order valence-corrected chi connectivity index (χ4v) is 1.51. The van der Waals surface area contributed by atoms with Crippen molar-refractivity contribution < 1.29 is 0 Å². The van der Waals surface area contributed by atoms with E-state index in [-0.39, 0.29) is 0 Å². The van der Waals surface area contributed by atoms with Gasteiger partial charge in [0.1, 0.15) is 0 Å². The third-order valence-electron chi connectivity index (χ3n) is 2.40. The normalized spacial score (nSPS) is 17.2. The van der Waals surface area contributed by atoms with E-state index in [9.17, 15) is 0 Å². The predicted octanol–water partition coefficient (Wildman–Crippen LogP) is 3.79. The molecule has 0 saturated carbocycles. The van der Waals surface area contributed by atoms with E-state index >= 15 is 0 Å². The maximum atomic E-state index is 4.34. The zero-order chi connectivity index (χ0) is 9.56. The van der Waals surface area contributed by atoms with Gasteiger partial charge in [0.2, 0.25) is 0 Å². The van der Waals surface area contributed by atoms with Crippen LogP contribution in [0.2, 0.25) is 0 Å². The van der Waals surface area contributed by atoms with Crippen LogP contribution in [0.1, 0.15) is 34.1 Å². The van der Waals surface area contributed by atoms with Gasteiger partial charge in [0, 0.05) is 0 Å². The average Bonchev–Trinajstić information content (AvgIpc) is 2.04. The third-order valence-corrected chi connectivity index (χ3v) is 2.82. The molecular weight excluding hydrogens is 164 g/mol. The van der Waals surface area contributed by atoms with Crippen molar-refractivity contribution in [2.75, 3.05) is 5.75 Å². The summed E-state index contributed by atoms with van der Waals surface area (Å²) in [5.41, 5.74) is 0. The first kappa shape index (κ1) is 12.1. The van der Waals surface area contributed by atoms with Crippen molar-refractivity contribution in [1.29, 1.82) is 0 Å². The Balaban J connectivity index is 3.92. The van der Waals surface area contributed by atoms with Gasteiger partial charge in [-0.1, -0.05) is 46.3 Å². The van der Waals surface area contributed by atoms with Crippen molar-refractivity contribution in [1.82, 2.24) is 0 Å². The Kier molecular flexibility index (Phi) is 6.64. The molecule has 0 aromatic carbocycles. The summed E-state index contributed by atoms with van der Waals surface area (Å²) in [4.78, 5) is 0. The average molecular weight is 186 g/mol. The number of hydrogen-bond donors (Lipinski definition) is 1. The summed E-state index contributed by atoms with van der Waals surface area (Å²) >= 11 is 4.34. The topological polar surface area (TPSA) is 0 Å². The lowest BCUT2D eigenvalue weighted by Gasteiger charge is -2.14. The van der Waals surface area contributed by atoms with E-state index in [1.54, 1.807) is 0 Å². The van der Waals surface area contributed by atoms with Gasteiger partial charge in [-0.05, 0) is 23.5 Å². The zero-order valence-electron chi connectivity index (χ0n) is 8.75. The molecule has 0 radical (unpaired) electrons. The van der Waals surface area contributed by atoms with Gasteiger partial charge in [0.25, 0.3) is 0 Å². The Morgan fingerprint density at radius 3 is 2.08 bits per heavy atom. The van der Waals surface area contributed by atoms with Crippen LogP contribution in [0.5, 0.6) is 0 Å². The number of rotatable bonds is 5. The van der Waals surface area contributed by atoms with E-state index in [0.29, 0.717) is 17.8 Å². The van der Waals surface area contributed by atoms with Gasteiger partial charge < -0.3 is 0 Å². The summed E-state index contributed by atoms with van der Waals surface area (Å²) in [6.07, 6.45) is 5.88. The van der Waals surface area contributed by atoms with Crippen LogP contribution in [0.25, 0.3) is 0 Å². The van der Waals surface area contributed by atoms with Crippen LogP contribution in [0, 0.1) is 17.8 Å². The number of hydrogen-bond acceptors (Lipinski definition) is 1. The lowest BCUT2D eigenvalue weighted by atomic mass is 9.95. The molecule has 0 aromatic rings. The van der Waals surface area contributed by atoms with E-state index in [1.807, 2.05) is 0 Å².